The first kappa shape index (κ1) is 12.1. The van der Waals surface area contributed by atoms with Crippen LogP contribution in [0, 0.1) is 0 Å². The van der Waals surface area contributed by atoms with E-state index < -0.39 is 0 Å². The minimum absolute atomic E-state index is 0.755. The molecule has 0 saturated heterocycles. The van der Waals surface area contributed by atoms with Gasteiger partial charge in [0.1, 0.15) is 0 Å². The quantitative estimate of drug-likeness (QED) is 0.604. The van der Waals surface area contributed by atoms with Crippen LogP contribution in [0.25, 0.3) is 0 Å². The van der Waals surface area contributed by atoms with Crippen molar-refractivity contribution in [2.75, 3.05) is 19.5 Å². The summed E-state index contributed by atoms with van der Waals surface area (Å²) in [5.41, 5.74) is 2.32. The molecule has 0 atom stereocenters. The van der Waals surface area contributed by atoms with E-state index in [-0.39, 0.29) is 0 Å². The van der Waals surface area contributed by atoms with E-state index in [9.17, 15) is 0 Å². The maximum atomic E-state index is 5.23. The molecule has 0 fully saturated rings. The van der Waals surface area contributed by atoms with Gasteiger partial charge in [-0.2, -0.15) is 0 Å². The Morgan fingerprint density at radius 3 is 2.47 bits per heavy atom. The molecule has 0 heterocycles. The Morgan fingerprint density at radius 2 is 1.93 bits per heavy atom. The van der Waals surface area contributed by atoms with Gasteiger partial charge in [0.05, 0.1) is 14.2 Å². The third-order valence-corrected chi connectivity index (χ3v) is 2.88. The summed E-state index contributed by atoms with van der Waals surface area (Å²) in [5, 5.41) is 0.821. The highest BCUT2D eigenvalue weighted by molar-refractivity contribution is 9.09. The molecule has 0 aliphatic carbocycles. The number of halogens is 1. The van der Waals surface area contributed by atoms with Crippen molar-refractivity contribution in [2.24, 2.45) is 0 Å². The third-order valence-electron chi connectivity index (χ3n) is 2.09. The molecule has 1 aromatic rings. The molecule has 15 heavy (non-hydrogen) atoms. The number of rotatable bonds is 5. The second kappa shape index (κ2) is 5.81. The fraction of sp³-hybridized carbons (Fsp3) is 0.333. The van der Waals surface area contributed by atoms with E-state index in [4.69, 9.17) is 9.47 Å². The minimum Gasteiger partial charge on any atom is -0.493 e. The van der Waals surface area contributed by atoms with Crippen LogP contribution in [0.5, 0.6) is 11.5 Å². The first-order valence-electron chi connectivity index (χ1n) is 4.64. The molecular formula is C12H15BrO2. The lowest BCUT2D eigenvalue weighted by Gasteiger charge is -2.09. The van der Waals surface area contributed by atoms with Gasteiger partial charge in [0.25, 0.3) is 0 Å². The highest BCUT2D eigenvalue weighted by Gasteiger charge is 2.04. The molecule has 0 saturated carbocycles. The van der Waals surface area contributed by atoms with E-state index in [2.05, 4.69) is 22.5 Å². The first-order valence-corrected chi connectivity index (χ1v) is 5.77. The zero-order valence-corrected chi connectivity index (χ0v) is 10.6. The molecular weight excluding hydrogens is 256 g/mol. The Hall–Kier alpha value is -0.960. The average molecular weight is 271 g/mol. The molecule has 0 unspecified atom stereocenters. The van der Waals surface area contributed by atoms with E-state index in [0.717, 1.165) is 28.8 Å². The van der Waals surface area contributed by atoms with E-state index in [1.807, 2.05) is 18.2 Å². The van der Waals surface area contributed by atoms with Crippen LogP contribution in [-0.4, -0.2) is 19.5 Å². The Balaban J connectivity index is 2.88. The van der Waals surface area contributed by atoms with Gasteiger partial charge in [-0.25, -0.2) is 0 Å². The van der Waals surface area contributed by atoms with Gasteiger partial charge in [-0.15, -0.1) is 0 Å². The zero-order chi connectivity index (χ0) is 11.3. The van der Waals surface area contributed by atoms with Crippen molar-refractivity contribution in [1.82, 2.24) is 0 Å². The van der Waals surface area contributed by atoms with Crippen molar-refractivity contribution in [3.05, 3.63) is 35.9 Å². The Morgan fingerprint density at radius 1 is 1.27 bits per heavy atom. The monoisotopic (exact) mass is 270 g/mol. The van der Waals surface area contributed by atoms with Crippen molar-refractivity contribution < 1.29 is 9.47 Å². The lowest BCUT2D eigenvalue weighted by Crippen LogP contribution is -1.94. The molecule has 1 aromatic carbocycles. The van der Waals surface area contributed by atoms with Crippen molar-refractivity contribution >= 4 is 15.9 Å². The Labute approximate surface area is 99.0 Å². The number of benzene rings is 1. The van der Waals surface area contributed by atoms with Crippen LogP contribution in [-0.2, 0) is 6.42 Å². The van der Waals surface area contributed by atoms with Crippen LogP contribution in [0.2, 0.25) is 0 Å². The second-order valence-corrected chi connectivity index (χ2v) is 3.81. The molecule has 0 aliphatic rings. The van der Waals surface area contributed by atoms with Gasteiger partial charge in [-0.1, -0.05) is 34.1 Å². The number of alkyl halides is 1. The van der Waals surface area contributed by atoms with Crippen molar-refractivity contribution in [2.45, 2.75) is 6.42 Å². The van der Waals surface area contributed by atoms with Crippen LogP contribution >= 0.6 is 15.9 Å². The van der Waals surface area contributed by atoms with Gasteiger partial charge >= 0.3 is 0 Å². The normalized spacial score (nSPS) is 9.80. The van der Waals surface area contributed by atoms with Gasteiger partial charge in [-0.3, -0.25) is 0 Å². The van der Waals surface area contributed by atoms with Crippen molar-refractivity contribution in [3.63, 3.8) is 0 Å². The summed E-state index contributed by atoms with van der Waals surface area (Å²) in [4.78, 5) is 0. The highest BCUT2D eigenvalue weighted by atomic mass is 79.9. The first-order chi connectivity index (χ1) is 7.21. The van der Waals surface area contributed by atoms with Gasteiger partial charge in [0.2, 0.25) is 0 Å². The summed E-state index contributed by atoms with van der Waals surface area (Å²) in [5.74, 6) is 1.52. The molecule has 1 rings (SSSR count). The predicted octanol–water partition coefficient (Wildman–Crippen LogP) is 3.20. The molecule has 2 nitrogen and oxygen atoms in total. The highest BCUT2D eigenvalue weighted by Crippen LogP contribution is 2.28. The lowest BCUT2D eigenvalue weighted by molar-refractivity contribution is 0.354. The van der Waals surface area contributed by atoms with Crippen LogP contribution in [0.15, 0.2) is 30.4 Å². The number of hydrogen-bond donors (Lipinski definition) is 0. The van der Waals surface area contributed by atoms with E-state index in [1.165, 1.54) is 5.56 Å². The molecule has 0 radical (unpaired) electrons. The zero-order valence-electron chi connectivity index (χ0n) is 9.05. The van der Waals surface area contributed by atoms with E-state index >= 15 is 0 Å². The molecule has 3 heteroatoms. The lowest BCUT2D eigenvalue weighted by atomic mass is 10.1. The summed E-state index contributed by atoms with van der Waals surface area (Å²) in [6.07, 6.45) is 0.853. The van der Waals surface area contributed by atoms with Crippen LogP contribution in [0.3, 0.4) is 0 Å². The standard InChI is InChI=1S/C12H15BrO2/c1-9(8-13)6-10-4-5-11(14-2)12(7-10)15-3/h4-5,7H,1,6,8H2,2-3H3. The SMILES string of the molecule is C=C(CBr)Cc1ccc(OC)c(OC)c1. The van der Waals surface area contributed by atoms with E-state index in [0.29, 0.717) is 0 Å². The third kappa shape index (κ3) is 3.27. The van der Waals surface area contributed by atoms with Gasteiger partial charge in [0.15, 0.2) is 11.5 Å². The smallest absolute Gasteiger partial charge is 0.160 e. The van der Waals surface area contributed by atoms with Crippen LogP contribution in [0.1, 0.15) is 5.56 Å². The predicted molar refractivity (Wildman–Crippen MR) is 66.2 cm³/mol. The molecule has 0 bridgehead atoms. The molecule has 82 valence electrons. The number of ether oxygens (including phenoxy) is 2. The van der Waals surface area contributed by atoms with Crippen LogP contribution < -0.4 is 9.47 Å². The molecule has 0 aromatic heterocycles. The van der Waals surface area contributed by atoms with Crippen molar-refractivity contribution in [1.29, 1.82) is 0 Å². The molecule has 0 spiro atoms. The van der Waals surface area contributed by atoms with Crippen LogP contribution in [0.4, 0.5) is 0 Å². The van der Waals surface area contributed by atoms with Gasteiger partial charge < -0.3 is 9.47 Å². The fourth-order valence-electron chi connectivity index (χ4n) is 1.33. The molecule has 0 amide bonds. The fourth-order valence-corrected chi connectivity index (χ4v) is 1.52. The maximum absolute atomic E-state index is 5.23. The number of allylic oxidation sites excluding steroid dienone is 1. The average Bonchev–Trinajstić information content (AvgIpc) is 2.28. The summed E-state index contributed by atoms with van der Waals surface area (Å²) in [6, 6.07) is 5.91. The summed E-state index contributed by atoms with van der Waals surface area (Å²) in [6.45, 7) is 3.95. The number of methoxy groups -OCH3 is 2. The van der Waals surface area contributed by atoms with Gasteiger partial charge in [0, 0.05) is 5.33 Å². The molecule has 0 N–H and O–H groups in total. The second-order valence-electron chi connectivity index (χ2n) is 3.25. The summed E-state index contributed by atoms with van der Waals surface area (Å²) < 4.78 is 10.4. The van der Waals surface area contributed by atoms with E-state index in [1.54, 1.807) is 14.2 Å². The van der Waals surface area contributed by atoms with Crippen molar-refractivity contribution in [3.8, 4) is 11.5 Å². The summed E-state index contributed by atoms with van der Waals surface area (Å²) >= 11 is 3.38. The Kier molecular flexibility index (Phi) is 4.69. The minimum atomic E-state index is 0.755. The maximum Gasteiger partial charge on any atom is 0.160 e. The molecule has 0 aliphatic heterocycles. The topological polar surface area (TPSA) is 18.5 Å². The summed E-state index contributed by atoms with van der Waals surface area (Å²) in [7, 11) is 3.27. The Bertz CT molecular complexity index is 347. The number of hydrogen-bond acceptors (Lipinski definition) is 2. The van der Waals surface area contributed by atoms with Gasteiger partial charge in [-0.05, 0) is 24.1 Å². The largest absolute Gasteiger partial charge is 0.493 e.